The highest BCUT2D eigenvalue weighted by atomic mass is 31.2. The molecule has 0 aliphatic rings. The molecule has 2 atom stereocenters. The van der Waals surface area contributed by atoms with Gasteiger partial charge in [0.05, 0.1) is 13.2 Å². The van der Waals surface area contributed by atoms with Crippen molar-refractivity contribution in [2.75, 3.05) is 26.4 Å². The van der Waals surface area contributed by atoms with Crippen molar-refractivity contribution in [2.24, 2.45) is 5.73 Å². The number of phosphoric ester groups is 1. The Kier molecular flexibility index (Phi) is 32.3. The molecule has 9 nitrogen and oxygen atoms in total. The molecule has 0 aromatic carbocycles. The third-order valence-electron chi connectivity index (χ3n) is 7.56. The number of esters is 2. The van der Waals surface area contributed by atoms with Crippen LogP contribution in [0.1, 0.15) is 162 Å². The van der Waals surface area contributed by atoms with Gasteiger partial charge in [-0.15, -0.1) is 0 Å². The maximum absolute atomic E-state index is 12.5. The normalized spacial score (nSPS) is 13.7. The number of rotatable bonds is 34. The number of carbonyl (C=O) groups is 2. The van der Waals surface area contributed by atoms with Crippen molar-refractivity contribution in [3.05, 3.63) is 24.3 Å². The van der Waals surface area contributed by atoms with Crippen LogP contribution >= 0.6 is 7.82 Å². The van der Waals surface area contributed by atoms with Gasteiger partial charge < -0.3 is 20.1 Å². The Morgan fingerprint density at radius 2 is 1.07 bits per heavy atom. The number of hydrogen-bond donors (Lipinski definition) is 2. The summed E-state index contributed by atoms with van der Waals surface area (Å²) in [5.41, 5.74) is 5.32. The van der Waals surface area contributed by atoms with E-state index in [2.05, 4.69) is 38.2 Å². The Labute approximate surface area is 281 Å². The van der Waals surface area contributed by atoms with Gasteiger partial charge in [-0.05, 0) is 64.2 Å². The van der Waals surface area contributed by atoms with Crippen molar-refractivity contribution in [3.63, 3.8) is 0 Å². The van der Waals surface area contributed by atoms with Crippen LogP contribution in [0, 0.1) is 0 Å². The van der Waals surface area contributed by atoms with Crippen LogP contribution in [-0.4, -0.2) is 49.3 Å². The van der Waals surface area contributed by atoms with Gasteiger partial charge in [0.1, 0.15) is 6.61 Å². The zero-order chi connectivity index (χ0) is 34.0. The SMILES string of the molecule is CCCCC/C=C/CCCCCCCC(=O)O[C@H](COC(=O)CCCCCCC/C=C/CCCCCC)COP(=O)(O)OCCN. The molecule has 270 valence electrons. The quantitative estimate of drug-likeness (QED) is 0.0296. The summed E-state index contributed by atoms with van der Waals surface area (Å²) in [5, 5.41) is 0. The number of nitrogens with two attached hydrogens (primary N) is 1. The van der Waals surface area contributed by atoms with Gasteiger partial charge >= 0.3 is 19.8 Å². The highest BCUT2D eigenvalue weighted by molar-refractivity contribution is 7.47. The molecule has 0 aliphatic carbocycles. The van der Waals surface area contributed by atoms with E-state index < -0.39 is 32.5 Å². The average Bonchev–Trinajstić information content (AvgIpc) is 3.04. The van der Waals surface area contributed by atoms with Crippen molar-refractivity contribution < 1.29 is 37.6 Å². The Morgan fingerprint density at radius 3 is 1.59 bits per heavy atom. The molecule has 0 amide bonds. The first kappa shape index (κ1) is 44.5. The molecule has 0 rings (SSSR count). The fraction of sp³-hybridized carbons (Fsp3) is 0.833. The molecule has 0 aromatic rings. The molecule has 0 aromatic heterocycles. The maximum Gasteiger partial charge on any atom is 0.472 e. The number of ether oxygens (including phenoxy) is 2. The highest BCUT2D eigenvalue weighted by Gasteiger charge is 2.25. The summed E-state index contributed by atoms with van der Waals surface area (Å²) in [4.78, 5) is 34.6. The molecular weight excluding hydrogens is 605 g/mol. The minimum atomic E-state index is -4.37. The predicted octanol–water partition coefficient (Wildman–Crippen LogP) is 9.66. The lowest BCUT2D eigenvalue weighted by molar-refractivity contribution is -0.161. The van der Waals surface area contributed by atoms with Gasteiger partial charge in [-0.1, -0.05) is 109 Å². The van der Waals surface area contributed by atoms with Gasteiger partial charge in [-0.3, -0.25) is 18.6 Å². The van der Waals surface area contributed by atoms with E-state index >= 15 is 0 Å². The van der Waals surface area contributed by atoms with Gasteiger partial charge in [0.25, 0.3) is 0 Å². The van der Waals surface area contributed by atoms with E-state index in [-0.39, 0.29) is 32.6 Å². The Morgan fingerprint density at radius 1 is 0.630 bits per heavy atom. The van der Waals surface area contributed by atoms with Crippen LogP contribution in [0.25, 0.3) is 0 Å². The first-order valence-corrected chi connectivity index (χ1v) is 19.8. The third kappa shape index (κ3) is 32.4. The summed E-state index contributed by atoms with van der Waals surface area (Å²) in [6, 6.07) is 0. The summed E-state index contributed by atoms with van der Waals surface area (Å²) in [6.45, 7) is 3.65. The Balaban J connectivity index is 4.27. The van der Waals surface area contributed by atoms with Gasteiger partial charge in [-0.2, -0.15) is 0 Å². The largest absolute Gasteiger partial charge is 0.472 e. The predicted molar refractivity (Wildman–Crippen MR) is 187 cm³/mol. The van der Waals surface area contributed by atoms with E-state index in [9.17, 15) is 19.0 Å². The second-order valence-corrected chi connectivity index (χ2v) is 13.5. The van der Waals surface area contributed by atoms with Crippen LogP contribution in [0.2, 0.25) is 0 Å². The first-order chi connectivity index (χ1) is 22.3. The third-order valence-corrected chi connectivity index (χ3v) is 8.54. The number of carbonyl (C=O) groups excluding carboxylic acids is 2. The first-order valence-electron chi connectivity index (χ1n) is 18.3. The molecule has 10 heteroatoms. The fourth-order valence-corrected chi connectivity index (χ4v) is 5.56. The van der Waals surface area contributed by atoms with E-state index in [1.807, 2.05) is 0 Å². The van der Waals surface area contributed by atoms with Gasteiger partial charge in [0.2, 0.25) is 0 Å². The molecule has 0 fully saturated rings. The second kappa shape index (κ2) is 33.4. The molecule has 0 bridgehead atoms. The minimum Gasteiger partial charge on any atom is -0.462 e. The van der Waals surface area contributed by atoms with Crippen molar-refractivity contribution in [1.82, 2.24) is 0 Å². The average molecular weight is 674 g/mol. The van der Waals surface area contributed by atoms with E-state index in [1.165, 1.54) is 51.4 Å². The number of allylic oxidation sites excluding steroid dienone is 4. The van der Waals surface area contributed by atoms with Crippen LogP contribution < -0.4 is 5.73 Å². The smallest absolute Gasteiger partial charge is 0.462 e. The van der Waals surface area contributed by atoms with E-state index in [1.54, 1.807) is 0 Å². The molecule has 0 heterocycles. The molecule has 3 N–H and O–H groups in total. The van der Waals surface area contributed by atoms with Crippen LogP contribution in [0.3, 0.4) is 0 Å². The zero-order valence-electron chi connectivity index (χ0n) is 29.3. The number of hydrogen-bond acceptors (Lipinski definition) is 8. The van der Waals surface area contributed by atoms with Crippen molar-refractivity contribution in [2.45, 2.75) is 168 Å². The van der Waals surface area contributed by atoms with Crippen molar-refractivity contribution in [1.29, 1.82) is 0 Å². The van der Waals surface area contributed by atoms with E-state index in [0.717, 1.165) is 77.0 Å². The Bertz CT molecular complexity index is 820. The monoisotopic (exact) mass is 673 g/mol. The second-order valence-electron chi connectivity index (χ2n) is 12.1. The highest BCUT2D eigenvalue weighted by Crippen LogP contribution is 2.43. The Hall–Kier alpha value is -1.51. The standard InChI is InChI=1S/C36H68NO8P/c1-3-5-7-9-11-13-15-17-19-20-22-24-26-28-35(38)42-32-34(33-44-46(40,41)43-31-30-37)45-36(39)29-27-25-23-21-18-16-14-12-10-8-6-4-2/h12-15,34H,3-11,16-33,37H2,1-2H3,(H,40,41)/b14-12+,15-13+/t34-/m1/s1. The molecule has 1 unspecified atom stereocenters. The zero-order valence-corrected chi connectivity index (χ0v) is 30.2. The van der Waals surface area contributed by atoms with E-state index in [4.69, 9.17) is 24.3 Å². The minimum absolute atomic E-state index is 0.0515. The molecule has 0 saturated carbocycles. The lowest BCUT2D eigenvalue weighted by atomic mass is 10.1. The van der Waals surface area contributed by atoms with Crippen LogP contribution in [0.15, 0.2) is 24.3 Å². The molecule has 0 spiro atoms. The fourth-order valence-electron chi connectivity index (χ4n) is 4.80. The van der Waals surface area contributed by atoms with Crippen molar-refractivity contribution in [3.8, 4) is 0 Å². The molecule has 46 heavy (non-hydrogen) atoms. The topological polar surface area (TPSA) is 134 Å². The lowest BCUT2D eigenvalue weighted by Crippen LogP contribution is -2.29. The van der Waals surface area contributed by atoms with Gasteiger partial charge in [-0.25, -0.2) is 4.57 Å². The summed E-state index contributed by atoms with van der Waals surface area (Å²) < 4.78 is 32.6. The summed E-state index contributed by atoms with van der Waals surface area (Å²) >= 11 is 0. The van der Waals surface area contributed by atoms with Crippen LogP contribution in [-0.2, 0) is 32.7 Å². The molecule has 0 radical (unpaired) electrons. The van der Waals surface area contributed by atoms with Crippen LogP contribution in [0.4, 0.5) is 0 Å². The molecule has 0 saturated heterocycles. The summed E-state index contributed by atoms with van der Waals surface area (Å²) in [5.74, 6) is -0.851. The lowest BCUT2D eigenvalue weighted by Gasteiger charge is -2.19. The van der Waals surface area contributed by atoms with Crippen molar-refractivity contribution >= 4 is 19.8 Å². The molecule has 0 aliphatic heterocycles. The summed E-state index contributed by atoms with van der Waals surface area (Å²) in [7, 11) is -4.37. The van der Waals surface area contributed by atoms with Crippen LogP contribution in [0.5, 0.6) is 0 Å². The van der Waals surface area contributed by atoms with Gasteiger partial charge in [0.15, 0.2) is 6.10 Å². The van der Waals surface area contributed by atoms with E-state index in [0.29, 0.717) is 6.42 Å². The summed E-state index contributed by atoms with van der Waals surface area (Å²) in [6.07, 6.45) is 32.0. The maximum atomic E-state index is 12.5. The van der Waals surface area contributed by atoms with Gasteiger partial charge in [0, 0.05) is 19.4 Å². The number of unbranched alkanes of at least 4 members (excludes halogenated alkanes) is 17. The molecular formula is C36H68NO8P. The number of phosphoric acid groups is 1.